The maximum atomic E-state index is 12.9. The number of amides is 4. The van der Waals surface area contributed by atoms with Gasteiger partial charge in [0.1, 0.15) is 5.57 Å². The largest absolute Gasteiger partial charge is 0.351 e. The van der Waals surface area contributed by atoms with Crippen LogP contribution in [0.2, 0.25) is 10.0 Å². The fourth-order valence-electron chi connectivity index (χ4n) is 3.65. The Labute approximate surface area is 171 Å². The van der Waals surface area contributed by atoms with Gasteiger partial charge in [0, 0.05) is 23.5 Å². The first-order chi connectivity index (χ1) is 13.4. The van der Waals surface area contributed by atoms with E-state index in [0.717, 1.165) is 23.3 Å². The second-order valence-electron chi connectivity index (χ2n) is 6.88. The number of hydrogen-bond donors (Lipinski definition) is 1. The zero-order valence-electron chi connectivity index (χ0n) is 14.8. The van der Waals surface area contributed by atoms with E-state index in [0.29, 0.717) is 11.1 Å². The molecule has 4 rings (SSSR count). The average molecular weight is 418 g/mol. The van der Waals surface area contributed by atoms with E-state index in [2.05, 4.69) is 9.88 Å². The highest BCUT2D eigenvalue weighted by Gasteiger charge is 2.37. The molecule has 0 bridgehead atoms. The average Bonchev–Trinajstić information content (AvgIpc) is 3.31. The molecule has 0 spiro atoms. The molecule has 1 aromatic heterocycles. The van der Waals surface area contributed by atoms with Crippen molar-refractivity contribution in [1.29, 1.82) is 0 Å². The van der Waals surface area contributed by atoms with Gasteiger partial charge < -0.3 is 4.57 Å². The van der Waals surface area contributed by atoms with Crippen molar-refractivity contribution in [1.82, 2.24) is 9.88 Å². The van der Waals surface area contributed by atoms with Crippen LogP contribution in [0.4, 0.5) is 10.5 Å². The number of anilines is 1. The zero-order chi connectivity index (χ0) is 19.8. The topological polar surface area (TPSA) is 71.4 Å². The number of hydrogen-bond acceptors (Lipinski definition) is 3. The number of urea groups is 1. The molecule has 1 aliphatic heterocycles. The van der Waals surface area contributed by atoms with Crippen LogP contribution >= 0.6 is 23.2 Å². The zero-order valence-corrected chi connectivity index (χ0v) is 16.3. The molecule has 0 unspecified atom stereocenters. The number of benzene rings is 1. The molecule has 8 heteroatoms. The highest BCUT2D eigenvalue weighted by molar-refractivity contribution is 6.42. The van der Waals surface area contributed by atoms with E-state index in [1.807, 2.05) is 18.5 Å². The first-order valence-corrected chi connectivity index (χ1v) is 9.73. The lowest BCUT2D eigenvalue weighted by atomic mass is 10.1. The predicted octanol–water partition coefficient (Wildman–Crippen LogP) is 4.58. The molecule has 6 nitrogen and oxygen atoms in total. The summed E-state index contributed by atoms with van der Waals surface area (Å²) in [6.45, 7) is 0. The van der Waals surface area contributed by atoms with Crippen LogP contribution < -0.4 is 10.2 Å². The number of aromatic nitrogens is 1. The summed E-state index contributed by atoms with van der Waals surface area (Å²) in [5, 5.41) is 2.70. The highest BCUT2D eigenvalue weighted by Crippen LogP contribution is 2.32. The summed E-state index contributed by atoms with van der Waals surface area (Å²) in [5.74, 6) is -1.46. The molecule has 2 aliphatic rings. The Morgan fingerprint density at radius 3 is 2.54 bits per heavy atom. The number of rotatable bonds is 3. The first-order valence-electron chi connectivity index (χ1n) is 8.98. The van der Waals surface area contributed by atoms with Gasteiger partial charge in [-0.25, -0.2) is 9.69 Å². The molecular formula is C20H17Cl2N3O3. The lowest BCUT2D eigenvalue weighted by Gasteiger charge is -2.27. The van der Waals surface area contributed by atoms with Crippen LogP contribution in [-0.4, -0.2) is 22.4 Å². The molecule has 2 heterocycles. The van der Waals surface area contributed by atoms with Gasteiger partial charge >= 0.3 is 6.03 Å². The van der Waals surface area contributed by atoms with Crippen molar-refractivity contribution in [2.75, 3.05) is 4.90 Å². The minimum absolute atomic E-state index is 0.130. The van der Waals surface area contributed by atoms with E-state index in [-0.39, 0.29) is 16.3 Å². The highest BCUT2D eigenvalue weighted by atomic mass is 35.5. The Balaban J connectivity index is 1.66. The molecule has 28 heavy (non-hydrogen) atoms. The SMILES string of the molecule is O=C1NC(=O)N(c2ccc(Cl)cc2Cl)C(=O)/C1=C\c1ccn(C2CCCC2)c1. The van der Waals surface area contributed by atoms with E-state index < -0.39 is 17.8 Å². The second kappa shape index (κ2) is 7.45. The number of nitrogens with zero attached hydrogens (tertiary/aromatic N) is 2. The monoisotopic (exact) mass is 417 g/mol. The smallest absolute Gasteiger partial charge is 0.335 e. The standard InChI is InChI=1S/C20H17Cl2N3O3/c21-13-5-6-17(16(22)10-13)25-19(27)15(18(26)23-20(25)28)9-12-7-8-24(11-12)14-3-1-2-4-14/h5-11,14H,1-4H2,(H,23,26,28)/b15-9-. The van der Waals surface area contributed by atoms with Gasteiger partial charge in [0.15, 0.2) is 0 Å². The van der Waals surface area contributed by atoms with Crippen molar-refractivity contribution in [3.05, 3.63) is 57.8 Å². The minimum Gasteiger partial charge on any atom is -0.351 e. The Kier molecular flexibility index (Phi) is 5.00. The number of barbiturate groups is 1. The van der Waals surface area contributed by atoms with Crippen molar-refractivity contribution >= 4 is 52.8 Å². The Morgan fingerprint density at radius 1 is 1.07 bits per heavy atom. The van der Waals surface area contributed by atoms with Gasteiger partial charge in [0.2, 0.25) is 0 Å². The van der Waals surface area contributed by atoms with Crippen LogP contribution in [0.15, 0.2) is 42.2 Å². The summed E-state index contributed by atoms with van der Waals surface area (Å²) in [7, 11) is 0. The maximum Gasteiger partial charge on any atom is 0.335 e. The Morgan fingerprint density at radius 2 is 1.82 bits per heavy atom. The lowest BCUT2D eigenvalue weighted by Crippen LogP contribution is -2.54. The van der Waals surface area contributed by atoms with Crippen LogP contribution in [0, 0.1) is 0 Å². The van der Waals surface area contributed by atoms with E-state index in [1.54, 1.807) is 0 Å². The number of carbonyl (C=O) groups is 3. The number of carbonyl (C=O) groups excluding carboxylic acids is 3. The number of nitrogens with one attached hydrogen (secondary N) is 1. The van der Waals surface area contributed by atoms with E-state index >= 15 is 0 Å². The summed E-state index contributed by atoms with van der Waals surface area (Å²) in [4.78, 5) is 38.3. The van der Waals surface area contributed by atoms with Gasteiger partial charge in [-0.3, -0.25) is 14.9 Å². The summed E-state index contributed by atoms with van der Waals surface area (Å²) in [5.41, 5.74) is 0.757. The summed E-state index contributed by atoms with van der Waals surface area (Å²) in [6, 6.07) is 5.87. The van der Waals surface area contributed by atoms with Gasteiger partial charge in [-0.2, -0.15) is 0 Å². The van der Waals surface area contributed by atoms with Gasteiger partial charge in [0.05, 0.1) is 10.7 Å². The van der Waals surface area contributed by atoms with Crippen molar-refractivity contribution in [2.24, 2.45) is 0 Å². The maximum absolute atomic E-state index is 12.9. The van der Waals surface area contributed by atoms with Gasteiger partial charge in [-0.15, -0.1) is 0 Å². The molecule has 4 amide bonds. The third kappa shape index (κ3) is 3.45. The number of halogens is 2. The molecular weight excluding hydrogens is 401 g/mol. The van der Waals surface area contributed by atoms with Gasteiger partial charge in [-0.05, 0) is 48.7 Å². The Hall–Kier alpha value is -2.57. The Bertz CT molecular complexity index is 1010. The molecule has 144 valence electrons. The third-order valence-electron chi connectivity index (χ3n) is 5.05. The predicted molar refractivity (Wildman–Crippen MR) is 107 cm³/mol. The summed E-state index contributed by atoms with van der Waals surface area (Å²) >= 11 is 12.0. The van der Waals surface area contributed by atoms with Crippen LogP contribution in [0.25, 0.3) is 6.08 Å². The summed E-state index contributed by atoms with van der Waals surface area (Å²) in [6.07, 6.45) is 10.0. The molecule has 0 atom stereocenters. The molecule has 1 saturated carbocycles. The quantitative estimate of drug-likeness (QED) is 0.586. The molecule has 1 aromatic carbocycles. The molecule has 2 fully saturated rings. The van der Waals surface area contributed by atoms with Crippen LogP contribution in [-0.2, 0) is 9.59 Å². The lowest BCUT2D eigenvalue weighted by molar-refractivity contribution is -0.122. The van der Waals surface area contributed by atoms with E-state index in [9.17, 15) is 14.4 Å². The normalized spacial score (nSPS) is 19.6. The van der Waals surface area contributed by atoms with Crippen molar-refractivity contribution in [2.45, 2.75) is 31.7 Å². The van der Waals surface area contributed by atoms with E-state index in [4.69, 9.17) is 23.2 Å². The molecule has 1 N–H and O–H groups in total. The van der Waals surface area contributed by atoms with Crippen LogP contribution in [0.3, 0.4) is 0 Å². The molecule has 1 saturated heterocycles. The van der Waals surface area contributed by atoms with Crippen molar-refractivity contribution < 1.29 is 14.4 Å². The van der Waals surface area contributed by atoms with Crippen LogP contribution in [0.5, 0.6) is 0 Å². The molecule has 2 aromatic rings. The van der Waals surface area contributed by atoms with Crippen molar-refractivity contribution in [3.63, 3.8) is 0 Å². The third-order valence-corrected chi connectivity index (χ3v) is 5.58. The fourth-order valence-corrected chi connectivity index (χ4v) is 4.14. The summed E-state index contributed by atoms with van der Waals surface area (Å²) < 4.78 is 2.11. The van der Waals surface area contributed by atoms with Gasteiger partial charge in [0.25, 0.3) is 11.8 Å². The molecule has 1 aliphatic carbocycles. The second-order valence-corrected chi connectivity index (χ2v) is 7.73. The minimum atomic E-state index is -0.847. The van der Waals surface area contributed by atoms with E-state index in [1.165, 1.54) is 37.1 Å². The number of imide groups is 2. The molecule has 0 radical (unpaired) electrons. The fraction of sp³-hybridized carbons (Fsp3) is 0.250. The van der Waals surface area contributed by atoms with Crippen LogP contribution in [0.1, 0.15) is 37.3 Å². The first kappa shape index (κ1) is 18.8. The van der Waals surface area contributed by atoms with Crippen molar-refractivity contribution in [3.8, 4) is 0 Å². The van der Waals surface area contributed by atoms with Gasteiger partial charge in [-0.1, -0.05) is 36.0 Å².